The maximum Gasteiger partial charge on any atom is 0.305 e. The fourth-order valence-electron chi connectivity index (χ4n) is 5.42. The lowest BCUT2D eigenvalue weighted by molar-refractivity contribution is -0.147. The Bertz CT molecular complexity index is 733. The summed E-state index contributed by atoms with van der Waals surface area (Å²) in [5.41, 5.74) is 2.07. The first kappa shape index (κ1) is 18.5. The number of amides is 1. The van der Waals surface area contributed by atoms with Gasteiger partial charge in [-0.1, -0.05) is 29.8 Å². The first-order valence-corrected chi connectivity index (χ1v) is 10.2. The van der Waals surface area contributed by atoms with Crippen LogP contribution in [-0.2, 0) is 16.1 Å². The van der Waals surface area contributed by atoms with Gasteiger partial charge in [0.25, 0.3) is 0 Å². The molecule has 0 atom stereocenters. The van der Waals surface area contributed by atoms with Crippen LogP contribution in [0.1, 0.15) is 56.1 Å². The molecule has 0 aromatic heterocycles. The van der Waals surface area contributed by atoms with Gasteiger partial charge in [-0.2, -0.15) is 0 Å². The van der Waals surface area contributed by atoms with Crippen LogP contribution in [0, 0.1) is 12.3 Å². The van der Waals surface area contributed by atoms with E-state index in [1.807, 2.05) is 4.90 Å². The number of hydrogen-bond donors (Lipinski definition) is 1. The van der Waals surface area contributed by atoms with Gasteiger partial charge in [-0.05, 0) is 64.1 Å². The molecule has 3 fully saturated rings. The zero-order chi connectivity index (χ0) is 19.1. The number of carboxylic acid groups (broad SMARTS) is 1. The van der Waals surface area contributed by atoms with Crippen LogP contribution < -0.4 is 0 Å². The number of rotatable bonds is 5. The molecule has 0 bridgehead atoms. The predicted octanol–water partition coefficient (Wildman–Crippen LogP) is 3.21. The van der Waals surface area contributed by atoms with Gasteiger partial charge in [0.05, 0.1) is 11.8 Å². The van der Waals surface area contributed by atoms with Crippen LogP contribution in [0.15, 0.2) is 24.3 Å². The summed E-state index contributed by atoms with van der Waals surface area (Å²) in [6, 6.07) is 8.40. The van der Waals surface area contributed by atoms with Crippen molar-refractivity contribution in [1.82, 2.24) is 9.80 Å². The fourth-order valence-corrected chi connectivity index (χ4v) is 5.42. The topological polar surface area (TPSA) is 60.9 Å². The number of likely N-dealkylation sites (tertiary alicyclic amines) is 2. The molecule has 1 aromatic carbocycles. The summed E-state index contributed by atoms with van der Waals surface area (Å²) >= 11 is 0. The molecule has 5 nitrogen and oxygen atoms in total. The first-order valence-electron chi connectivity index (χ1n) is 10.2. The van der Waals surface area contributed by atoms with Crippen molar-refractivity contribution in [1.29, 1.82) is 0 Å². The van der Waals surface area contributed by atoms with E-state index in [1.54, 1.807) is 0 Å². The van der Waals surface area contributed by atoms with Crippen molar-refractivity contribution in [3.8, 4) is 0 Å². The highest BCUT2D eigenvalue weighted by molar-refractivity contribution is 5.85. The number of hydrogen-bond acceptors (Lipinski definition) is 3. The van der Waals surface area contributed by atoms with E-state index in [4.69, 9.17) is 0 Å². The monoisotopic (exact) mass is 370 g/mol. The minimum absolute atomic E-state index is 0.143. The molecule has 4 rings (SSSR count). The average molecular weight is 370 g/mol. The number of piperidine rings is 1. The van der Waals surface area contributed by atoms with Gasteiger partial charge in [0.1, 0.15) is 0 Å². The lowest BCUT2D eigenvalue weighted by Crippen LogP contribution is -2.59. The normalized spacial score (nSPS) is 24.2. The predicted molar refractivity (Wildman–Crippen MR) is 103 cm³/mol. The Morgan fingerprint density at radius 3 is 2.41 bits per heavy atom. The van der Waals surface area contributed by atoms with Crippen LogP contribution in [0.3, 0.4) is 0 Å². The van der Waals surface area contributed by atoms with Crippen molar-refractivity contribution < 1.29 is 14.7 Å². The Balaban J connectivity index is 1.40. The van der Waals surface area contributed by atoms with Crippen LogP contribution in [0.25, 0.3) is 0 Å². The van der Waals surface area contributed by atoms with E-state index in [0.29, 0.717) is 12.5 Å². The maximum absolute atomic E-state index is 13.2. The number of aryl methyl sites for hydroxylation is 1. The van der Waals surface area contributed by atoms with Gasteiger partial charge in [-0.3, -0.25) is 14.5 Å². The molecule has 2 aliphatic heterocycles. The Labute approximate surface area is 161 Å². The molecule has 27 heavy (non-hydrogen) atoms. The Kier molecular flexibility index (Phi) is 4.75. The summed E-state index contributed by atoms with van der Waals surface area (Å²) in [5.74, 6) is -0.388. The third kappa shape index (κ3) is 3.38. The van der Waals surface area contributed by atoms with E-state index in [2.05, 4.69) is 36.1 Å². The first-order chi connectivity index (χ1) is 12.9. The van der Waals surface area contributed by atoms with E-state index < -0.39 is 5.97 Å². The quantitative estimate of drug-likeness (QED) is 0.865. The Hall–Kier alpha value is -1.88. The van der Waals surface area contributed by atoms with Gasteiger partial charge in [0.2, 0.25) is 5.91 Å². The number of carboxylic acids is 1. The second-order valence-electron chi connectivity index (χ2n) is 8.88. The number of carbonyl (C=O) groups is 2. The lowest BCUT2D eigenvalue weighted by Gasteiger charge is -2.53. The van der Waals surface area contributed by atoms with E-state index in [9.17, 15) is 14.7 Å². The summed E-state index contributed by atoms with van der Waals surface area (Å²) < 4.78 is 0. The van der Waals surface area contributed by atoms with Gasteiger partial charge in [-0.15, -0.1) is 0 Å². The molecule has 1 N–H and O–H groups in total. The standard InChI is InChI=1S/C22H30N2O3/c1-17-4-2-5-18(14-17)16-23-11-8-21(20(23)27)9-12-24(13-10-21)22(6-3-7-22)15-19(25)26/h2,4-5,14H,3,6-13,15-16H2,1H3,(H,25,26). The van der Waals surface area contributed by atoms with Gasteiger partial charge in [0, 0.05) is 18.6 Å². The number of nitrogens with zero attached hydrogens (tertiary/aromatic N) is 2. The molecular weight excluding hydrogens is 340 g/mol. The third-order valence-electron chi connectivity index (χ3n) is 7.21. The highest BCUT2D eigenvalue weighted by atomic mass is 16.4. The molecule has 146 valence electrons. The smallest absolute Gasteiger partial charge is 0.305 e. The number of aliphatic carboxylic acids is 1. The van der Waals surface area contributed by atoms with Crippen molar-refractivity contribution >= 4 is 11.9 Å². The maximum atomic E-state index is 13.2. The molecule has 5 heteroatoms. The second kappa shape index (κ2) is 6.93. The van der Waals surface area contributed by atoms with Gasteiger partial charge < -0.3 is 10.0 Å². The molecule has 0 radical (unpaired) electrons. The minimum atomic E-state index is -0.698. The average Bonchev–Trinajstić information content (AvgIpc) is 2.89. The summed E-state index contributed by atoms with van der Waals surface area (Å²) in [6.07, 6.45) is 6.03. The molecule has 3 aliphatic rings. The molecule has 1 saturated carbocycles. The molecule has 2 heterocycles. The molecule has 0 unspecified atom stereocenters. The highest BCUT2D eigenvalue weighted by Crippen LogP contribution is 2.47. The molecule has 1 spiro atoms. The van der Waals surface area contributed by atoms with Crippen LogP contribution in [-0.4, -0.2) is 52.0 Å². The summed E-state index contributed by atoms with van der Waals surface area (Å²) in [4.78, 5) is 28.9. The van der Waals surface area contributed by atoms with Crippen molar-refractivity contribution in [2.24, 2.45) is 5.41 Å². The number of benzene rings is 1. The molecule has 1 amide bonds. The number of carbonyl (C=O) groups excluding carboxylic acids is 1. The van der Waals surface area contributed by atoms with Gasteiger partial charge in [-0.25, -0.2) is 0 Å². The van der Waals surface area contributed by atoms with E-state index in [-0.39, 0.29) is 17.4 Å². The van der Waals surface area contributed by atoms with Crippen LogP contribution in [0.4, 0.5) is 0 Å². The molecule has 1 aliphatic carbocycles. The zero-order valence-electron chi connectivity index (χ0n) is 16.2. The van der Waals surface area contributed by atoms with Crippen molar-refractivity contribution in [2.45, 2.75) is 64.0 Å². The van der Waals surface area contributed by atoms with E-state index >= 15 is 0 Å². The fraction of sp³-hybridized carbons (Fsp3) is 0.636. The van der Waals surface area contributed by atoms with E-state index in [0.717, 1.165) is 58.2 Å². The van der Waals surface area contributed by atoms with Crippen LogP contribution >= 0.6 is 0 Å². The van der Waals surface area contributed by atoms with Crippen molar-refractivity contribution in [2.75, 3.05) is 19.6 Å². The molecule has 1 aromatic rings. The van der Waals surface area contributed by atoms with Gasteiger partial charge >= 0.3 is 5.97 Å². The van der Waals surface area contributed by atoms with Crippen molar-refractivity contribution in [3.63, 3.8) is 0 Å². The molecular formula is C22H30N2O3. The largest absolute Gasteiger partial charge is 0.481 e. The van der Waals surface area contributed by atoms with Crippen molar-refractivity contribution in [3.05, 3.63) is 35.4 Å². The zero-order valence-corrected chi connectivity index (χ0v) is 16.2. The summed E-state index contributed by atoms with van der Waals surface area (Å²) in [7, 11) is 0. The van der Waals surface area contributed by atoms with Gasteiger partial charge in [0.15, 0.2) is 0 Å². The Morgan fingerprint density at radius 2 is 1.81 bits per heavy atom. The summed E-state index contributed by atoms with van der Waals surface area (Å²) in [6.45, 7) is 5.34. The van der Waals surface area contributed by atoms with E-state index in [1.165, 1.54) is 11.1 Å². The van der Waals surface area contributed by atoms with Crippen LogP contribution in [0.5, 0.6) is 0 Å². The highest BCUT2D eigenvalue weighted by Gasteiger charge is 2.52. The summed E-state index contributed by atoms with van der Waals surface area (Å²) in [5, 5.41) is 9.30. The second-order valence-corrected chi connectivity index (χ2v) is 8.88. The lowest BCUT2D eigenvalue weighted by atomic mass is 9.69. The third-order valence-corrected chi connectivity index (χ3v) is 7.21. The van der Waals surface area contributed by atoms with Crippen LogP contribution in [0.2, 0.25) is 0 Å². The minimum Gasteiger partial charge on any atom is -0.481 e. The SMILES string of the molecule is Cc1cccc(CN2CCC3(CCN(C4(CC(=O)O)CCC4)CC3)C2=O)c1. The Morgan fingerprint density at radius 1 is 1.11 bits per heavy atom. The molecule has 2 saturated heterocycles.